The fraction of sp³-hybridized carbons (Fsp3) is 0.0357. The summed E-state index contributed by atoms with van der Waals surface area (Å²) in [6, 6.07) is 37.6. The molecule has 0 aliphatic rings. The van der Waals surface area contributed by atoms with E-state index in [0.717, 1.165) is 10.5 Å². The second-order valence-corrected chi connectivity index (χ2v) is 8.85. The van der Waals surface area contributed by atoms with Crippen LogP contribution in [0.5, 0.6) is 0 Å². The van der Waals surface area contributed by atoms with E-state index in [4.69, 9.17) is 11.2 Å². The molecule has 0 saturated heterocycles. The van der Waals surface area contributed by atoms with E-state index >= 15 is 0 Å². The summed E-state index contributed by atoms with van der Waals surface area (Å²) in [4.78, 5) is 16.3. The van der Waals surface area contributed by atoms with Crippen molar-refractivity contribution in [1.29, 1.82) is 0 Å². The number of benzene rings is 4. The van der Waals surface area contributed by atoms with Crippen LogP contribution in [-0.4, -0.2) is 5.97 Å². The molecular formula is C28H21O2S+. The molecule has 2 nitrogen and oxygen atoms in total. The summed E-state index contributed by atoms with van der Waals surface area (Å²) >= 11 is 0. The summed E-state index contributed by atoms with van der Waals surface area (Å²) in [5.41, 5.74) is 1.26. The fourth-order valence-corrected chi connectivity index (χ4v) is 5.41. The van der Waals surface area contributed by atoms with Gasteiger partial charge in [0.15, 0.2) is 20.8 Å². The smallest absolute Gasteiger partial charge is 0.339 e. The van der Waals surface area contributed by atoms with E-state index in [-0.39, 0.29) is 10.9 Å². The van der Waals surface area contributed by atoms with Crippen LogP contribution in [0.3, 0.4) is 0 Å². The number of hydrogen-bond acceptors (Lipinski definition) is 2. The second kappa shape index (κ2) is 9.84. The van der Waals surface area contributed by atoms with Gasteiger partial charge in [0.1, 0.15) is 0 Å². The lowest BCUT2D eigenvalue weighted by molar-refractivity contribution is 0.0407. The highest BCUT2D eigenvalue weighted by Crippen LogP contribution is 2.31. The Kier molecular flexibility index (Phi) is 6.52. The zero-order valence-corrected chi connectivity index (χ0v) is 17.7. The van der Waals surface area contributed by atoms with E-state index in [2.05, 4.69) is 36.3 Å². The Balaban J connectivity index is 1.66. The average molecular weight is 422 g/mol. The van der Waals surface area contributed by atoms with Gasteiger partial charge in [-0.1, -0.05) is 78.7 Å². The molecule has 0 heterocycles. The Morgan fingerprint density at radius 2 is 1.23 bits per heavy atom. The molecule has 0 aliphatic carbocycles. The summed E-state index contributed by atoms with van der Waals surface area (Å²) in [6.07, 6.45) is 4.91. The maximum Gasteiger partial charge on any atom is 0.339 e. The van der Waals surface area contributed by atoms with E-state index in [1.54, 1.807) is 6.07 Å². The van der Waals surface area contributed by atoms with Crippen LogP contribution in [0.2, 0.25) is 0 Å². The first-order chi connectivity index (χ1) is 15.3. The first-order valence-corrected chi connectivity index (χ1v) is 11.2. The monoisotopic (exact) mass is 421 g/mol. The van der Waals surface area contributed by atoms with Crippen molar-refractivity contribution in [3.8, 4) is 12.3 Å². The standard InChI is InChI=1S/C28H21O2S/c1-2-27(22-13-6-3-7-14-22)30-28(29)23-15-12-20-26(21-23)31(24-16-8-4-9-17-24)25-18-10-5-11-19-25/h1,3-21,27H/q+1. The van der Waals surface area contributed by atoms with Gasteiger partial charge in [-0.2, -0.15) is 0 Å². The van der Waals surface area contributed by atoms with Gasteiger partial charge in [0, 0.05) is 11.6 Å². The van der Waals surface area contributed by atoms with Crippen molar-refractivity contribution in [1.82, 2.24) is 0 Å². The van der Waals surface area contributed by atoms with Gasteiger partial charge in [-0.3, -0.25) is 0 Å². The molecule has 0 radical (unpaired) electrons. The maximum absolute atomic E-state index is 12.9. The summed E-state index contributed by atoms with van der Waals surface area (Å²) in [5.74, 6) is 2.13. The third-order valence-electron chi connectivity index (χ3n) is 4.74. The summed E-state index contributed by atoms with van der Waals surface area (Å²) in [5, 5.41) is 0. The topological polar surface area (TPSA) is 26.3 Å². The number of ether oxygens (including phenoxy) is 1. The highest BCUT2D eigenvalue weighted by Gasteiger charge is 2.29. The first kappa shape index (κ1) is 20.5. The van der Waals surface area contributed by atoms with Gasteiger partial charge in [-0.25, -0.2) is 4.79 Å². The van der Waals surface area contributed by atoms with Gasteiger partial charge in [0.05, 0.1) is 16.5 Å². The molecule has 0 aliphatic heterocycles. The number of hydrogen-bond donors (Lipinski definition) is 0. The van der Waals surface area contributed by atoms with Gasteiger partial charge < -0.3 is 4.74 Å². The maximum atomic E-state index is 12.9. The number of terminal acetylenes is 1. The van der Waals surface area contributed by atoms with E-state index in [0.29, 0.717) is 5.56 Å². The molecule has 31 heavy (non-hydrogen) atoms. The van der Waals surface area contributed by atoms with Crippen LogP contribution in [-0.2, 0) is 15.6 Å². The van der Waals surface area contributed by atoms with Crippen LogP contribution in [0.1, 0.15) is 22.0 Å². The summed E-state index contributed by atoms with van der Waals surface area (Å²) < 4.78 is 5.65. The molecule has 4 rings (SSSR count). The van der Waals surface area contributed by atoms with Crippen LogP contribution >= 0.6 is 0 Å². The third kappa shape index (κ3) is 4.88. The second-order valence-electron chi connectivity index (χ2n) is 6.82. The van der Waals surface area contributed by atoms with Crippen LogP contribution in [0, 0.1) is 12.3 Å². The quantitative estimate of drug-likeness (QED) is 0.207. The van der Waals surface area contributed by atoms with Crippen molar-refractivity contribution in [3.05, 3.63) is 126 Å². The summed E-state index contributed by atoms with van der Waals surface area (Å²) in [7, 11) is -0.340. The van der Waals surface area contributed by atoms with E-state index in [1.165, 1.54) is 9.79 Å². The number of esters is 1. The van der Waals surface area contributed by atoms with Gasteiger partial charge in [0.2, 0.25) is 0 Å². The molecule has 4 aromatic carbocycles. The minimum absolute atomic E-state index is 0.340. The van der Waals surface area contributed by atoms with Crippen LogP contribution in [0.4, 0.5) is 0 Å². The van der Waals surface area contributed by atoms with Crippen molar-refractivity contribution in [2.45, 2.75) is 20.8 Å². The SMILES string of the molecule is C#CC(OC(=O)c1cccc([S+](c2ccccc2)c2ccccc2)c1)c1ccccc1. The Hall–Kier alpha value is -3.74. The number of carbonyl (C=O) groups excluding carboxylic acids is 1. The molecule has 0 spiro atoms. The lowest BCUT2D eigenvalue weighted by Gasteiger charge is -2.13. The van der Waals surface area contributed by atoms with Crippen molar-refractivity contribution >= 4 is 16.9 Å². The molecule has 0 aromatic heterocycles. The van der Waals surface area contributed by atoms with Crippen LogP contribution in [0.25, 0.3) is 0 Å². The third-order valence-corrected chi connectivity index (χ3v) is 6.95. The highest BCUT2D eigenvalue weighted by atomic mass is 32.2. The number of carbonyl (C=O) groups is 1. The summed E-state index contributed by atoms with van der Waals surface area (Å²) in [6.45, 7) is 0. The Morgan fingerprint density at radius 1 is 0.710 bits per heavy atom. The molecule has 0 amide bonds. The molecule has 0 saturated carbocycles. The van der Waals surface area contributed by atoms with Gasteiger partial charge in [-0.15, -0.1) is 6.42 Å². The van der Waals surface area contributed by atoms with E-state index in [9.17, 15) is 4.79 Å². The van der Waals surface area contributed by atoms with Crippen molar-refractivity contribution in [2.24, 2.45) is 0 Å². The zero-order valence-electron chi connectivity index (χ0n) is 16.8. The predicted octanol–water partition coefficient (Wildman–Crippen LogP) is 6.31. The van der Waals surface area contributed by atoms with Crippen LogP contribution in [0.15, 0.2) is 130 Å². The Labute approximate surface area is 185 Å². The van der Waals surface area contributed by atoms with Crippen molar-refractivity contribution < 1.29 is 9.53 Å². The van der Waals surface area contributed by atoms with Gasteiger partial charge in [-0.05, 0) is 36.4 Å². The lowest BCUT2D eigenvalue weighted by Crippen LogP contribution is -2.12. The van der Waals surface area contributed by atoms with Crippen molar-refractivity contribution in [3.63, 3.8) is 0 Å². The highest BCUT2D eigenvalue weighted by molar-refractivity contribution is 7.97. The molecule has 0 N–H and O–H groups in total. The Bertz CT molecular complexity index is 1140. The van der Waals surface area contributed by atoms with Crippen molar-refractivity contribution in [2.75, 3.05) is 0 Å². The zero-order chi connectivity index (χ0) is 21.5. The molecule has 0 fully saturated rings. The minimum Gasteiger partial charge on any atom is -0.441 e. The van der Waals surface area contributed by atoms with Gasteiger partial charge in [0.25, 0.3) is 0 Å². The molecule has 1 unspecified atom stereocenters. The Morgan fingerprint density at radius 3 is 1.77 bits per heavy atom. The molecule has 1 atom stereocenters. The normalized spacial score (nSPS) is 11.5. The minimum atomic E-state index is -0.723. The molecular weight excluding hydrogens is 400 g/mol. The first-order valence-electron chi connectivity index (χ1n) is 9.93. The molecule has 4 aromatic rings. The average Bonchev–Trinajstić information content (AvgIpc) is 2.85. The molecule has 0 bridgehead atoms. The van der Waals surface area contributed by atoms with Gasteiger partial charge >= 0.3 is 5.97 Å². The molecule has 3 heteroatoms. The fourth-order valence-electron chi connectivity index (χ4n) is 3.27. The van der Waals surface area contributed by atoms with Crippen LogP contribution < -0.4 is 0 Å². The lowest BCUT2D eigenvalue weighted by atomic mass is 10.1. The van der Waals surface area contributed by atoms with E-state index < -0.39 is 12.1 Å². The van der Waals surface area contributed by atoms with E-state index in [1.807, 2.05) is 78.9 Å². The predicted molar refractivity (Wildman–Crippen MR) is 125 cm³/mol. The number of rotatable bonds is 6. The largest absolute Gasteiger partial charge is 0.441 e. The molecule has 150 valence electrons.